The zero-order valence-electron chi connectivity index (χ0n) is 14.7. The maximum absolute atomic E-state index is 14.2. The van der Waals surface area contributed by atoms with E-state index in [1.165, 1.54) is 7.05 Å². The van der Waals surface area contributed by atoms with Crippen LogP contribution in [0.15, 0.2) is 35.3 Å². The molecule has 0 aliphatic carbocycles. The molecule has 0 bridgehead atoms. The number of hydrogen-bond donors (Lipinski definition) is 1. The number of guanidine groups is 1. The minimum atomic E-state index is -4.85. The molecule has 0 radical (unpaired) electrons. The number of thiophene rings is 1. The number of carbonyl (C=O) groups excluding carboxylic acids is 1. The number of nitriles is 1. The minimum Gasteiger partial charge on any atom is -0.369 e. The highest BCUT2D eigenvalue weighted by Gasteiger charge is 2.48. The van der Waals surface area contributed by atoms with E-state index in [1.54, 1.807) is 19.1 Å². The summed E-state index contributed by atoms with van der Waals surface area (Å²) in [7, 11) is 1.38. The quantitative estimate of drug-likeness (QED) is 0.769. The van der Waals surface area contributed by atoms with Gasteiger partial charge in [-0.25, -0.2) is 9.38 Å². The van der Waals surface area contributed by atoms with Crippen LogP contribution in [0.25, 0.3) is 0 Å². The standard InChI is InChI=1S/C18H14F4N4OS/c1-17(13-6-4-10(8-23)28-13)14(15(27)26(2)16(24)25-17)9-3-5-11(12(19)7-9)18(20,21)22/h3-7,14H,1-2H3,(H2,24,25)/t14-,17-/m1/s1. The number of rotatable bonds is 2. The van der Waals surface area contributed by atoms with E-state index in [0.29, 0.717) is 21.9 Å². The number of halogens is 4. The summed E-state index contributed by atoms with van der Waals surface area (Å²) in [5.41, 5.74) is 3.16. The van der Waals surface area contributed by atoms with Gasteiger partial charge in [-0.05, 0) is 36.8 Å². The third-order valence-electron chi connectivity index (χ3n) is 4.68. The van der Waals surface area contributed by atoms with Crippen LogP contribution in [0, 0.1) is 17.1 Å². The smallest absolute Gasteiger partial charge is 0.369 e. The Morgan fingerprint density at radius 2 is 2.00 bits per heavy atom. The molecule has 10 heteroatoms. The Labute approximate surface area is 161 Å². The maximum Gasteiger partial charge on any atom is 0.419 e. The first-order chi connectivity index (χ1) is 13.0. The lowest BCUT2D eigenvalue weighted by Gasteiger charge is -2.40. The highest BCUT2D eigenvalue weighted by atomic mass is 32.1. The summed E-state index contributed by atoms with van der Waals surface area (Å²) in [5, 5.41) is 9.07. The van der Waals surface area contributed by atoms with Gasteiger partial charge in [-0.1, -0.05) is 6.07 Å². The van der Waals surface area contributed by atoms with Crippen molar-refractivity contribution in [2.75, 3.05) is 7.05 Å². The van der Waals surface area contributed by atoms with Crippen LogP contribution in [-0.2, 0) is 16.5 Å². The predicted molar refractivity (Wildman–Crippen MR) is 94.9 cm³/mol. The maximum atomic E-state index is 14.2. The number of nitrogens with two attached hydrogens (primary N) is 1. The van der Waals surface area contributed by atoms with Crippen LogP contribution in [0.5, 0.6) is 0 Å². The van der Waals surface area contributed by atoms with Crippen molar-refractivity contribution in [3.8, 4) is 6.07 Å². The zero-order valence-corrected chi connectivity index (χ0v) is 15.5. The molecule has 1 amide bonds. The number of hydrogen-bond acceptors (Lipinski definition) is 5. The summed E-state index contributed by atoms with van der Waals surface area (Å²) >= 11 is 1.09. The normalized spacial score (nSPS) is 22.8. The van der Waals surface area contributed by atoms with Gasteiger partial charge in [0.2, 0.25) is 5.91 Å². The lowest BCUT2D eigenvalue weighted by Crippen LogP contribution is -2.52. The largest absolute Gasteiger partial charge is 0.419 e. The minimum absolute atomic E-state index is 0.0352. The Balaban J connectivity index is 2.19. The van der Waals surface area contributed by atoms with E-state index in [1.807, 2.05) is 6.07 Å². The van der Waals surface area contributed by atoms with Crippen molar-refractivity contribution in [2.45, 2.75) is 24.6 Å². The number of carbonyl (C=O) groups is 1. The van der Waals surface area contributed by atoms with Gasteiger partial charge in [0.15, 0.2) is 5.96 Å². The summed E-state index contributed by atoms with van der Waals surface area (Å²) in [4.78, 5) is 19.3. The Morgan fingerprint density at radius 3 is 2.54 bits per heavy atom. The number of amides is 1. The van der Waals surface area contributed by atoms with Crippen LogP contribution >= 0.6 is 11.3 Å². The fraction of sp³-hybridized carbons (Fsp3) is 0.278. The van der Waals surface area contributed by atoms with Gasteiger partial charge < -0.3 is 5.73 Å². The van der Waals surface area contributed by atoms with Gasteiger partial charge in [0.1, 0.15) is 22.3 Å². The number of benzene rings is 1. The van der Waals surface area contributed by atoms with E-state index in [2.05, 4.69) is 4.99 Å². The van der Waals surface area contributed by atoms with Crippen molar-refractivity contribution in [2.24, 2.45) is 10.7 Å². The van der Waals surface area contributed by atoms with Crippen LogP contribution in [0.4, 0.5) is 17.6 Å². The highest BCUT2D eigenvalue weighted by Crippen LogP contribution is 2.46. The van der Waals surface area contributed by atoms with E-state index in [9.17, 15) is 22.4 Å². The van der Waals surface area contributed by atoms with Crippen molar-refractivity contribution in [1.82, 2.24) is 4.90 Å². The SMILES string of the molecule is CN1C(=O)[C@@H](c2ccc(C(F)(F)F)c(F)c2)[C@@](C)(c2ccc(C#N)s2)N=C1N. The molecule has 0 unspecified atom stereocenters. The molecule has 2 aromatic rings. The van der Waals surface area contributed by atoms with Crippen LogP contribution in [0.1, 0.15) is 33.7 Å². The molecule has 5 nitrogen and oxygen atoms in total. The lowest BCUT2D eigenvalue weighted by atomic mass is 9.77. The molecule has 146 valence electrons. The molecule has 1 aromatic heterocycles. The monoisotopic (exact) mass is 410 g/mol. The van der Waals surface area contributed by atoms with Gasteiger partial charge in [0.25, 0.3) is 0 Å². The zero-order chi connectivity index (χ0) is 20.9. The molecule has 2 atom stereocenters. The second kappa shape index (κ2) is 6.60. The Bertz CT molecular complexity index is 1020. The van der Waals surface area contributed by atoms with E-state index in [4.69, 9.17) is 11.0 Å². The van der Waals surface area contributed by atoms with E-state index < -0.39 is 34.9 Å². The Morgan fingerprint density at radius 1 is 1.32 bits per heavy atom. The molecule has 0 saturated carbocycles. The van der Waals surface area contributed by atoms with Gasteiger partial charge in [0, 0.05) is 11.9 Å². The first-order valence-corrected chi connectivity index (χ1v) is 8.80. The second-order valence-electron chi connectivity index (χ2n) is 6.46. The highest BCUT2D eigenvalue weighted by molar-refractivity contribution is 7.12. The average Bonchev–Trinajstić information content (AvgIpc) is 3.09. The van der Waals surface area contributed by atoms with Crippen LogP contribution in [0.2, 0.25) is 0 Å². The molecular weight excluding hydrogens is 396 g/mol. The first kappa shape index (κ1) is 19.8. The molecule has 0 fully saturated rings. The van der Waals surface area contributed by atoms with Crippen LogP contribution < -0.4 is 5.73 Å². The van der Waals surface area contributed by atoms with Gasteiger partial charge in [0.05, 0.1) is 11.5 Å². The first-order valence-electron chi connectivity index (χ1n) is 7.99. The average molecular weight is 410 g/mol. The van der Waals surface area contributed by atoms with Crippen molar-refractivity contribution in [1.29, 1.82) is 5.26 Å². The molecule has 1 aromatic carbocycles. The number of aliphatic imine (C=N–C) groups is 1. The topological polar surface area (TPSA) is 82.5 Å². The van der Waals surface area contributed by atoms with Crippen molar-refractivity contribution in [3.05, 3.63) is 57.0 Å². The third kappa shape index (κ3) is 3.11. The Kier molecular flexibility index (Phi) is 4.67. The summed E-state index contributed by atoms with van der Waals surface area (Å²) in [6.07, 6.45) is -4.85. The number of alkyl halides is 3. The van der Waals surface area contributed by atoms with Crippen molar-refractivity contribution < 1.29 is 22.4 Å². The van der Waals surface area contributed by atoms with Crippen LogP contribution in [0.3, 0.4) is 0 Å². The predicted octanol–water partition coefficient (Wildman–Crippen LogP) is 3.56. The summed E-state index contributed by atoms with van der Waals surface area (Å²) in [6, 6.07) is 7.50. The third-order valence-corrected chi connectivity index (χ3v) is 5.89. The lowest BCUT2D eigenvalue weighted by molar-refractivity contribution is -0.140. The van der Waals surface area contributed by atoms with E-state index in [0.717, 1.165) is 22.3 Å². The second-order valence-corrected chi connectivity index (χ2v) is 7.54. The molecule has 0 saturated heterocycles. The molecule has 28 heavy (non-hydrogen) atoms. The molecule has 1 aliphatic rings. The molecule has 3 rings (SSSR count). The summed E-state index contributed by atoms with van der Waals surface area (Å²) < 4.78 is 52.8. The molecule has 2 N–H and O–H groups in total. The fourth-order valence-corrected chi connectivity index (χ4v) is 4.12. The summed E-state index contributed by atoms with van der Waals surface area (Å²) in [6.45, 7) is 1.58. The number of likely N-dealkylation sites (N-methyl/N-ethyl adjacent to an activating group) is 1. The number of nitrogens with zero attached hydrogens (tertiary/aromatic N) is 3. The van der Waals surface area contributed by atoms with Gasteiger partial charge in [-0.3, -0.25) is 9.69 Å². The van der Waals surface area contributed by atoms with Gasteiger partial charge >= 0.3 is 6.18 Å². The summed E-state index contributed by atoms with van der Waals surface area (Å²) in [5.74, 6) is -3.22. The van der Waals surface area contributed by atoms with E-state index in [-0.39, 0.29) is 11.5 Å². The van der Waals surface area contributed by atoms with Gasteiger partial charge in [-0.2, -0.15) is 18.4 Å². The van der Waals surface area contributed by atoms with Crippen LogP contribution in [-0.4, -0.2) is 23.8 Å². The molecule has 1 aliphatic heterocycles. The van der Waals surface area contributed by atoms with Crippen molar-refractivity contribution in [3.63, 3.8) is 0 Å². The molecular formula is C18H14F4N4OS. The molecule has 2 heterocycles. The fourth-order valence-electron chi connectivity index (χ4n) is 3.20. The van der Waals surface area contributed by atoms with Gasteiger partial charge in [-0.15, -0.1) is 11.3 Å². The molecule has 0 spiro atoms. The van der Waals surface area contributed by atoms with Crippen molar-refractivity contribution >= 4 is 23.2 Å². The Hall–Kier alpha value is -2.93. The van der Waals surface area contributed by atoms with E-state index >= 15 is 0 Å².